The number of nitrogens with two attached hydrogens (primary N) is 2. The Morgan fingerprint density at radius 3 is 2.37 bits per heavy atom. The number of hydrogen-bond donors (Lipinski definition) is 2. The molecule has 106 valence electrons. The number of rotatable bonds is 6. The lowest BCUT2D eigenvalue weighted by Crippen LogP contribution is -2.25. The summed E-state index contributed by atoms with van der Waals surface area (Å²) in [5.74, 6) is 1.07. The van der Waals surface area contributed by atoms with Crippen LogP contribution in [0.5, 0.6) is 0 Å². The molecule has 2 rings (SSSR count). The summed E-state index contributed by atoms with van der Waals surface area (Å²) in [7, 11) is 0. The van der Waals surface area contributed by atoms with E-state index in [9.17, 15) is 0 Å². The molecule has 0 bridgehead atoms. The summed E-state index contributed by atoms with van der Waals surface area (Å²) >= 11 is 0. The largest absolute Gasteiger partial charge is 0.330 e. The van der Waals surface area contributed by atoms with Crippen LogP contribution >= 0.6 is 0 Å². The summed E-state index contributed by atoms with van der Waals surface area (Å²) in [4.78, 5) is 0. The van der Waals surface area contributed by atoms with E-state index in [1.54, 1.807) is 11.1 Å². The van der Waals surface area contributed by atoms with Crippen LogP contribution in [0, 0.1) is 5.92 Å². The average Bonchev–Trinajstić information content (AvgIpc) is 2.48. The molecule has 2 heteroatoms. The molecule has 0 amide bonds. The lowest BCUT2D eigenvalue weighted by atomic mass is 9.83. The molecule has 1 aromatic carbocycles. The summed E-state index contributed by atoms with van der Waals surface area (Å²) < 4.78 is 0. The van der Waals surface area contributed by atoms with Crippen molar-refractivity contribution >= 4 is 0 Å². The summed E-state index contributed by atoms with van der Waals surface area (Å²) in [6.07, 6.45) is 7.53. The molecule has 0 saturated carbocycles. The van der Waals surface area contributed by atoms with Crippen LogP contribution in [0.1, 0.15) is 55.2 Å². The lowest BCUT2D eigenvalue weighted by molar-refractivity contribution is 0.442. The molecule has 0 spiro atoms. The van der Waals surface area contributed by atoms with E-state index in [2.05, 4.69) is 25.1 Å². The fourth-order valence-electron chi connectivity index (χ4n) is 3.24. The van der Waals surface area contributed by atoms with Gasteiger partial charge in [-0.25, -0.2) is 0 Å². The Balaban J connectivity index is 2.14. The van der Waals surface area contributed by atoms with Crippen molar-refractivity contribution in [2.75, 3.05) is 13.1 Å². The fraction of sp³-hybridized carbons (Fsp3) is 0.647. The second-order valence-corrected chi connectivity index (χ2v) is 5.91. The Morgan fingerprint density at radius 2 is 1.74 bits per heavy atom. The van der Waals surface area contributed by atoms with Crippen molar-refractivity contribution < 1.29 is 0 Å². The molecule has 1 aromatic rings. The highest BCUT2D eigenvalue weighted by molar-refractivity contribution is 5.35. The summed E-state index contributed by atoms with van der Waals surface area (Å²) in [6, 6.07) is 7.14. The number of hydrogen-bond acceptors (Lipinski definition) is 2. The Kier molecular flexibility index (Phi) is 5.41. The first-order valence-corrected chi connectivity index (χ1v) is 7.80. The van der Waals surface area contributed by atoms with Gasteiger partial charge in [-0.05, 0) is 80.1 Å². The zero-order valence-corrected chi connectivity index (χ0v) is 12.2. The topological polar surface area (TPSA) is 52.0 Å². The third-order valence-corrected chi connectivity index (χ3v) is 4.62. The molecular formula is C17H28N2. The van der Waals surface area contributed by atoms with Gasteiger partial charge >= 0.3 is 0 Å². The van der Waals surface area contributed by atoms with Crippen LogP contribution in [0.4, 0.5) is 0 Å². The van der Waals surface area contributed by atoms with Crippen LogP contribution in [-0.4, -0.2) is 13.1 Å². The zero-order valence-electron chi connectivity index (χ0n) is 12.2. The molecule has 1 unspecified atom stereocenters. The van der Waals surface area contributed by atoms with Crippen LogP contribution in [0.3, 0.4) is 0 Å². The first kappa shape index (κ1) is 14.5. The molecule has 0 fully saturated rings. The van der Waals surface area contributed by atoms with Crippen molar-refractivity contribution in [1.82, 2.24) is 0 Å². The highest BCUT2D eigenvalue weighted by atomic mass is 14.6. The predicted molar refractivity (Wildman–Crippen MR) is 82.3 cm³/mol. The molecule has 1 aliphatic carbocycles. The minimum Gasteiger partial charge on any atom is -0.330 e. The van der Waals surface area contributed by atoms with Crippen molar-refractivity contribution in [1.29, 1.82) is 0 Å². The Labute approximate surface area is 117 Å². The molecule has 0 radical (unpaired) electrons. The first-order valence-electron chi connectivity index (χ1n) is 7.80. The third kappa shape index (κ3) is 3.58. The SMILES string of the molecule is CCC(CC(CN)CN)c1ccc2c(c1)CCCC2. The molecule has 0 saturated heterocycles. The van der Waals surface area contributed by atoms with Gasteiger partial charge in [-0.15, -0.1) is 0 Å². The average molecular weight is 260 g/mol. The van der Waals surface area contributed by atoms with Crippen LogP contribution in [0.15, 0.2) is 18.2 Å². The molecule has 19 heavy (non-hydrogen) atoms. The minimum atomic E-state index is 0.459. The zero-order chi connectivity index (χ0) is 13.7. The molecule has 0 heterocycles. The Bertz CT molecular complexity index is 396. The highest BCUT2D eigenvalue weighted by Crippen LogP contribution is 2.30. The summed E-state index contributed by atoms with van der Waals surface area (Å²) in [5.41, 5.74) is 16.2. The molecule has 0 aromatic heterocycles. The van der Waals surface area contributed by atoms with Gasteiger partial charge in [0.05, 0.1) is 0 Å². The maximum Gasteiger partial charge on any atom is -0.00366 e. The molecule has 1 aliphatic rings. The van der Waals surface area contributed by atoms with Crippen molar-refractivity contribution in [3.8, 4) is 0 Å². The van der Waals surface area contributed by atoms with Crippen LogP contribution in [0.25, 0.3) is 0 Å². The molecule has 4 N–H and O–H groups in total. The van der Waals surface area contributed by atoms with Gasteiger partial charge in [-0.3, -0.25) is 0 Å². The predicted octanol–water partition coefficient (Wildman–Crippen LogP) is 2.98. The molecular weight excluding hydrogens is 232 g/mol. The van der Waals surface area contributed by atoms with Gasteiger partial charge < -0.3 is 11.5 Å². The van der Waals surface area contributed by atoms with Crippen LogP contribution in [-0.2, 0) is 12.8 Å². The normalized spacial score (nSPS) is 16.4. The fourth-order valence-corrected chi connectivity index (χ4v) is 3.24. The maximum atomic E-state index is 5.80. The van der Waals surface area contributed by atoms with Crippen LogP contribution in [0.2, 0.25) is 0 Å². The van der Waals surface area contributed by atoms with Crippen LogP contribution < -0.4 is 11.5 Å². The Hall–Kier alpha value is -0.860. The van der Waals surface area contributed by atoms with Crippen molar-refractivity contribution in [3.63, 3.8) is 0 Å². The van der Waals surface area contributed by atoms with Gasteiger partial charge in [-0.2, -0.15) is 0 Å². The third-order valence-electron chi connectivity index (χ3n) is 4.62. The summed E-state index contributed by atoms with van der Waals surface area (Å²) in [6.45, 7) is 3.68. The van der Waals surface area contributed by atoms with Gasteiger partial charge in [0.2, 0.25) is 0 Å². The van der Waals surface area contributed by atoms with Gasteiger partial charge in [0, 0.05) is 0 Å². The molecule has 1 atom stereocenters. The number of aryl methyl sites for hydroxylation is 2. The Morgan fingerprint density at radius 1 is 1.05 bits per heavy atom. The van der Waals surface area contributed by atoms with E-state index in [1.165, 1.54) is 37.7 Å². The molecule has 2 nitrogen and oxygen atoms in total. The van der Waals surface area contributed by atoms with Crippen molar-refractivity contribution in [3.05, 3.63) is 34.9 Å². The highest BCUT2D eigenvalue weighted by Gasteiger charge is 2.17. The second kappa shape index (κ2) is 7.06. The second-order valence-electron chi connectivity index (χ2n) is 5.91. The monoisotopic (exact) mass is 260 g/mol. The quantitative estimate of drug-likeness (QED) is 0.826. The van der Waals surface area contributed by atoms with E-state index in [4.69, 9.17) is 11.5 Å². The van der Waals surface area contributed by atoms with E-state index in [0.29, 0.717) is 24.9 Å². The lowest BCUT2D eigenvalue weighted by Gasteiger charge is -2.23. The van der Waals surface area contributed by atoms with E-state index < -0.39 is 0 Å². The van der Waals surface area contributed by atoms with Gasteiger partial charge in [0.15, 0.2) is 0 Å². The number of fused-ring (bicyclic) bond motifs is 1. The number of benzene rings is 1. The minimum absolute atomic E-state index is 0.459. The van der Waals surface area contributed by atoms with Gasteiger partial charge in [0.25, 0.3) is 0 Å². The van der Waals surface area contributed by atoms with E-state index in [1.807, 2.05) is 0 Å². The first-order chi connectivity index (χ1) is 9.28. The van der Waals surface area contributed by atoms with Gasteiger partial charge in [-0.1, -0.05) is 25.1 Å². The van der Waals surface area contributed by atoms with Gasteiger partial charge in [0.1, 0.15) is 0 Å². The maximum absolute atomic E-state index is 5.80. The molecule has 0 aliphatic heterocycles. The van der Waals surface area contributed by atoms with E-state index in [-0.39, 0.29) is 0 Å². The van der Waals surface area contributed by atoms with Crippen molar-refractivity contribution in [2.45, 2.75) is 51.4 Å². The standard InChI is InChI=1S/C17H28N2/c1-2-14(9-13(11-18)12-19)17-8-7-15-5-3-4-6-16(15)10-17/h7-8,10,13-14H,2-6,9,11-12,18-19H2,1H3. The summed E-state index contributed by atoms with van der Waals surface area (Å²) in [5, 5.41) is 0. The van der Waals surface area contributed by atoms with E-state index in [0.717, 1.165) is 6.42 Å². The smallest absolute Gasteiger partial charge is 0.00366 e. The van der Waals surface area contributed by atoms with E-state index >= 15 is 0 Å². The van der Waals surface area contributed by atoms with Crippen molar-refractivity contribution in [2.24, 2.45) is 17.4 Å².